The summed E-state index contributed by atoms with van der Waals surface area (Å²) in [5.74, 6) is 2.10. The molecule has 0 saturated heterocycles. The van der Waals surface area contributed by atoms with Gasteiger partial charge in [-0.25, -0.2) is 0 Å². The van der Waals surface area contributed by atoms with Gasteiger partial charge in [0.1, 0.15) is 0 Å². The first-order valence-corrected chi connectivity index (χ1v) is 6.78. The summed E-state index contributed by atoms with van der Waals surface area (Å²) in [4.78, 5) is 4.48. The van der Waals surface area contributed by atoms with Gasteiger partial charge in [-0.3, -0.25) is 0 Å². The van der Waals surface area contributed by atoms with E-state index in [1.54, 1.807) is 6.26 Å². The van der Waals surface area contributed by atoms with Gasteiger partial charge in [0, 0.05) is 6.04 Å². The van der Waals surface area contributed by atoms with Crippen LogP contribution in [0.1, 0.15) is 44.6 Å². The molecule has 0 aliphatic carbocycles. The van der Waals surface area contributed by atoms with E-state index in [0.717, 1.165) is 18.5 Å². The maximum Gasteiger partial charge on any atom is 0.238 e. The predicted octanol–water partition coefficient (Wildman–Crippen LogP) is 3.13. The lowest BCUT2D eigenvalue weighted by Gasteiger charge is -2.19. The van der Waals surface area contributed by atoms with Crippen LogP contribution in [0.4, 0.5) is 0 Å². The monoisotopic (exact) mass is 263 g/mol. The average Bonchev–Trinajstić information content (AvgIpc) is 2.99. The Labute approximate surface area is 113 Å². The van der Waals surface area contributed by atoms with E-state index >= 15 is 0 Å². The van der Waals surface area contributed by atoms with Crippen LogP contribution in [-0.2, 0) is 0 Å². The molecule has 0 saturated carbocycles. The number of hydrogen-bond donors (Lipinski definition) is 1. The second-order valence-corrected chi connectivity index (χ2v) is 4.75. The Hall–Kier alpha value is -1.62. The molecule has 0 radical (unpaired) electrons. The molecule has 0 aliphatic rings. The molecule has 19 heavy (non-hydrogen) atoms. The SMILES string of the molecule is CCNC(C)C(CC)c1nc(-c2occc2C)no1. The molecule has 2 atom stereocenters. The molecule has 0 spiro atoms. The van der Waals surface area contributed by atoms with Crippen LogP contribution in [0.2, 0.25) is 0 Å². The maximum atomic E-state index is 5.40. The van der Waals surface area contributed by atoms with E-state index in [1.165, 1.54) is 0 Å². The summed E-state index contributed by atoms with van der Waals surface area (Å²) in [5.41, 5.74) is 1.01. The van der Waals surface area contributed by atoms with Crippen molar-refractivity contribution in [3.05, 3.63) is 23.8 Å². The molecule has 104 valence electrons. The molecular weight excluding hydrogens is 242 g/mol. The van der Waals surface area contributed by atoms with Crippen molar-refractivity contribution in [2.45, 2.75) is 46.1 Å². The average molecular weight is 263 g/mol. The maximum absolute atomic E-state index is 5.40. The van der Waals surface area contributed by atoms with E-state index in [9.17, 15) is 0 Å². The van der Waals surface area contributed by atoms with E-state index in [1.807, 2.05) is 13.0 Å². The van der Waals surface area contributed by atoms with Gasteiger partial charge in [-0.1, -0.05) is 19.0 Å². The summed E-state index contributed by atoms with van der Waals surface area (Å²) in [6, 6.07) is 2.20. The van der Waals surface area contributed by atoms with Crippen LogP contribution >= 0.6 is 0 Å². The summed E-state index contributed by atoms with van der Waals surface area (Å²) in [6.07, 6.45) is 2.59. The number of likely N-dealkylation sites (N-methyl/N-ethyl adjacent to an activating group) is 1. The lowest BCUT2D eigenvalue weighted by atomic mass is 9.98. The molecule has 5 nitrogen and oxygen atoms in total. The third kappa shape index (κ3) is 2.87. The molecule has 5 heteroatoms. The van der Waals surface area contributed by atoms with Gasteiger partial charge in [-0.05, 0) is 38.4 Å². The molecule has 0 fully saturated rings. The Bertz CT molecular complexity index is 518. The smallest absolute Gasteiger partial charge is 0.238 e. The molecule has 0 aliphatic heterocycles. The third-order valence-corrected chi connectivity index (χ3v) is 3.39. The molecule has 2 heterocycles. The van der Waals surface area contributed by atoms with Crippen LogP contribution in [0.5, 0.6) is 0 Å². The highest BCUT2D eigenvalue weighted by Crippen LogP contribution is 2.26. The van der Waals surface area contributed by atoms with Gasteiger partial charge in [0.05, 0.1) is 12.2 Å². The van der Waals surface area contributed by atoms with Crippen molar-refractivity contribution in [1.29, 1.82) is 0 Å². The molecule has 0 bridgehead atoms. The van der Waals surface area contributed by atoms with E-state index in [4.69, 9.17) is 8.94 Å². The Kier molecular flexibility index (Phi) is 4.37. The van der Waals surface area contributed by atoms with Crippen molar-refractivity contribution in [1.82, 2.24) is 15.5 Å². The third-order valence-electron chi connectivity index (χ3n) is 3.39. The molecule has 2 aromatic rings. The largest absolute Gasteiger partial charge is 0.461 e. The zero-order valence-corrected chi connectivity index (χ0v) is 11.9. The van der Waals surface area contributed by atoms with Crippen LogP contribution in [0.3, 0.4) is 0 Å². The van der Waals surface area contributed by atoms with Crippen molar-refractivity contribution >= 4 is 0 Å². The summed E-state index contributed by atoms with van der Waals surface area (Å²) < 4.78 is 10.8. The van der Waals surface area contributed by atoms with Crippen LogP contribution in [0.25, 0.3) is 11.6 Å². The molecular formula is C14H21N3O2. The standard InChI is InChI=1S/C14H21N3O2/c1-5-11(10(4)15-6-2)14-16-13(17-19-14)12-9(3)7-8-18-12/h7-8,10-11,15H,5-6H2,1-4H3. The number of aryl methyl sites for hydroxylation is 1. The van der Waals surface area contributed by atoms with Crippen LogP contribution in [0.15, 0.2) is 21.3 Å². The summed E-state index contributed by atoms with van der Waals surface area (Å²) in [7, 11) is 0. The van der Waals surface area contributed by atoms with Crippen molar-refractivity contribution in [3.8, 4) is 11.6 Å². The lowest BCUT2D eigenvalue weighted by Crippen LogP contribution is -2.31. The van der Waals surface area contributed by atoms with E-state index in [0.29, 0.717) is 23.5 Å². The zero-order valence-electron chi connectivity index (χ0n) is 11.9. The normalized spacial score (nSPS) is 14.5. The highest BCUT2D eigenvalue weighted by Gasteiger charge is 2.24. The van der Waals surface area contributed by atoms with E-state index in [-0.39, 0.29) is 5.92 Å². The lowest BCUT2D eigenvalue weighted by molar-refractivity contribution is 0.317. The Balaban J connectivity index is 2.22. The van der Waals surface area contributed by atoms with Gasteiger partial charge in [-0.2, -0.15) is 4.98 Å². The van der Waals surface area contributed by atoms with Gasteiger partial charge in [-0.15, -0.1) is 0 Å². The highest BCUT2D eigenvalue weighted by atomic mass is 16.5. The minimum Gasteiger partial charge on any atom is -0.461 e. The molecule has 1 N–H and O–H groups in total. The number of rotatable bonds is 6. The first kappa shape index (κ1) is 13.8. The summed E-state index contributed by atoms with van der Waals surface area (Å²) >= 11 is 0. The zero-order chi connectivity index (χ0) is 13.8. The second-order valence-electron chi connectivity index (χ2n) is 4.75. The first-order chi connectivity index (χ1) is 9.17. The fourth-order valence-electron chi connectivity index (χ4n) is 2.29. The van der Waals surface area contributed by atoms with Crippen molar-refractivity contribution in [2.24, 2.45) is 0 Å². The number of furan rings is 1. The van der Waals surface area contributed by atoms with E-state index in [2.05, 4.69) is 36.2 Å². The second kappa shape index (κ2) is 6.02. The van der Waals surface area contributed by atoms with Gasteiger partial charge >= 0.3 is 0 Å². The van der Waals surface area contributed by atoms with Gasteiger partial charge in [0.25, 0.3) is 0 Å². The molecule has 2 rings (SSSR count). The molecule has 2 unspecified atom stereocenters. The molecule has 0 aromatic carbocycles. The predicted molar refractivity (Wildman–Crippen MR) is 72.9 cm³/mol. The minimum absolute atomic E-state index is 0.219. The first-order valence-electron chi connectivity index (χ1n) is 6.78. The van der Waals surface area contributed by atoms with Crippen molar-refractivity contribution in [3.63, 3.8) is 0 Å². The van der Waals surface area contributed by atoms with Gasteiger partial charge in [0.2, 0.25) is 11.7 Å². The fourth-order valence-corrected chi connectivity index (χ4v) is 2.29. The Morgan fingerprint density at radius 3 is 2.74 bits per heavy atom. The number of nitrogens with zero attached hydrogens (tertiary/aromatic N) is 2. The highest BCUT2D eigenvalue weighted by molar-refractivity contribution is 5.51. The van der Waals surface area contributed by atoms with Crippen molar-refractivity contribution in [2.75, 3.05) is 6.54 Å². The number of hydrogen-bond acceptors (Lipinski definition) is 5. The van der Waals surface area contributed by atoms with Crippen LogP contribution < -0.4 is 5.32 Å². The van der Waals surface area contributed by atoms with Crippen LogP contribution in [-0.4, -0.2) is 22.7 Å². The number of nitrogens with one attached hydrogen (secondary N) is 1. The summed E-state index contributed by atoms with van der Waals surface area (Å²) in [6.45, 7) is 9.25. The molecule has 2 aromatic heterocycles. The Morgan fingerprint density at radius 1 is 1.37 bits per heavy atom. The summed E-state index contributed by atoms with van der Waals surface area (Å²) in [5, 5.41) is 7.42. The van der Waals surface area contributed by atoms with Gasteiger partial charge < -0.3 is 14.3 Å². The van der Waals surface area contributed by atoms with Crippen molar-refractivity contribution < 1.29 is 8.94 Å². The quantitative estimate of drug-likeness (QED) is 0.867. The fraction of sp³-hybridized carbons (Fsp3) is 0.571. The topological polar surface area (TPSA) is 64.1 Å². The Morgan fingerprint density at radius 2 is 2.16 bits per heavy atom. The number of aromatic nitrogens is 2. The van der Waals surface area contributed by atoms with Gasteiger partial charge in [0.15, 0.2) is 5.76 Å². The van der Waals surface area contributed by atoms with Crippen LogP contribution in [0, 0.1) is 6.92 Å². The minimum atomic E-state index is 0.219. The van der Waals surface area contributed by atoms with E-state index < -0.39 is 0 Å². The molecule has 0 amide bonds.